The average molecular weight is 422 g/mol. The fraction of sp³-hybridized carbons (Fsp3) is 0.524. The quantitative estimate of drug-likeness (QED) is 0.403. The third-order valence-electron chi connectivity index (χ3n) is 5.24. The minimum absolute atomic E-state index is 0.0389. The number of aliphatic hydroxyl groups is 1. The van der Waals surface area contributed by atoms with Crippen LogP contribution in [-0.2, 0) is 38.1 Å². The summed E-state index contributed by atoms with van der Waals surface area (Å²) in [6.07, 6.45) is -3.90. The Morgan fingerprint density at radius 2 is 1.83 bits per heavy atom. The van der Waals surface area contributed by atoms with Gasteiger partial charge in [0.15, 0.2) is 17.8 Å². The van der Waals surface area contributed by atoms with Crippen LogP contribution in [0.4, 0.5) is 0 Å². The van der Waals surface area contributed by atoms with Crippen LogP contribution in [0.15, 0.2) is 36.0 Å². The first kappa shape index (κ1) is 23.3. The average Bonchev–Trinajstić information content (AvgIpc) is 2.91. The minimum atomic E-state index is -1.83. The van der Waals surface area contributed by atoms with Crippen molar-refractivity contribution in [2.45, 2.75) is 64.6 Å². The lowest BCUT2D eigenvalue weighted by molar-refractivity contribution is -0.220. The van der Waals surface area contributed by atoms with Crippen LogP contribution in [-0.4, -0.2) is 59.0 Å². The van der Waals surface area contributed by atoms with Crippen molar-refractivity contribution >= 4 is 23.9 Å². The van der Waals surface area contributed by atoms with Gasteiger partial charge in [-0.2, -0.15) is 0 Å². The number of ether oxygens (including phenoxy) is 4. The van der Waals surface area contributed by atoms with Crippen LogP contribution in [0.25, 0.3) is 0 Å². The van der Waals surface area contributed by atoms with Gasteiger partial charge < -0.3 is 24.1 Å². The summed E-state index contributed by atoms with van der Waals surface area (Å²) in [5, 5.41) is 10.5. The lowest BCUT2D eigenvalue weighted by Crippen LogP contribution is -2.60. The molecule has 9 heteroatoms. The van der Waals surface area contributed by atoms with Crippen LogP contribution < -0.4 is 0 Å². The molecule has 30 heavy (non-hydrogen) atoms. The molecule has 0 radical (unpaired) electrons. The summed E-state index contributed by atoms with van der Waals surface area (Å²) in [5.41, 5.74) is -1.74. The van der Waals surface area contributed by atoms with E-state index in [1.807, 2.05) is 0 Å². The Morgan fingerprint density at radius 3 is 2.33 bits per heavy atom. The predicted molar refractivity (Wildman–Crippen MR) is 103 cm³/mol. The number of carbonyl (C=O) groups excluding carboxylic acids is 4. The predicted octanol–water partition coefficient (Wildman–Crippen LogP) is 1.15. The van der Waals surface area contributed by atoms with Crippen LogP contribution in [0, 0.1) is 5.92 Å². The molecular formula is C21H26O9. The van der Waals surface area contributed by atoms with Crippen molar-refractivity contribution in [3.63, 3.8) is 0 Å². The summed E-state index contributed by atoms with van der Waals surface area (Å²) in [7, 11) is 0. The smallest absolute Gasteiger partial charge is 0.334 e. The Labute approximate surface area is 174 Å². The van der Waals surface area contributed by atoms with Gasteiger partial charge in [-0.1, -0.05) is 13.2 Å². The Hall–Kier alpha value is -2.94. The molecule has 0 saturated carbocycles. The van der Waals surface area contributed by atoms with Crippen LogP contribution in [0.2, 0.25) is 0 Å². The van der Waals surface area contributed by atoms with Crippen LogP contribution >= 0.6 is 0 Å². The van der Waals surface area contributed by atoms with Gasteiger partial charge in [-0.15, -0.1) is 0 Å². The minimum Gasteiger partial charge on any atom is -0.454 e. The second-order valence-electron chi connectivity index (χ2n) is 7.70. The molecule has 0 aromatic carbocycles. The SMILES string of the molecule is C=C(C)C(=O)OC1C2C(=C)C(=O)OC2C=C(C)C(=O)OC(C)(C(C)O)C1OC(C)=O. The molecule has 0 aromatic heterocycles. The highest BCUT2D eigenvalue weighted by Gasteiger charge is 2.57. The van der Waals surface area contributed by atoms with Crippen LogP contribution in [0.1, 0.15) is 34.6 Å². The maximum absolute atomic E-state index is 12.6. The van der Waals surface area contributed by atoms with E-state index >= 15 is 0 Å². The molecule has 0 bridgehead atoms. The maximum atomic E-state index is 12.6. The van der Waals surface area contributed by atoms with E-state index in [-0.39, 0.29) is 16.7 Å². The number of aliphatic hydroxyl groups excluding tert-OH is 1. The Morgan fingerprint density at radius 1 is 1.23 bits per heavy atom. The van der Waals surface area contributed by atoms with Gasteiger partial charge in [-0.25, -0.2) is 14.4 Å². The molecule has 1 fully saturated rings. The lowest BCUT2D eigenvalue weighted by Gasteiger charge is -2.42. The van der Waals surface area contributed by atoms with E-state index in [1.165, 1.54) is 33.8 Å². The standard InChI is InChI=1S/C21H26O9/c1-9(2)18(24)29-16-15-11(4)20(26)28-14(15)8-10(3)19(25)30-21(7,12(5)22)17(16)27-13(6)23/h8,12,14-17,22H,1,4H2,2-3,5-7H3. The van der Waals surface area contributed by atoms with Gasteiger partial charge in [0.1, 0.15) is 6.10 Å². The molecule has 1 N–H and O–H groups in total. The number of carbonyl (C=O) groups is 4. The van der Waals surface area contributed by atoms with E-state index in [2.05, 4.69) is 13.2 Å². The maximum Gasteiger partial charge on any atom is 0.334 e. The highest BCUT2D eigenvalue weighted by Crippen LogP contribution is 2.40. The highest BCUT2D eigenvalue weighted by atomic mass is 16.6. The molecule has 2 aliphatic rings. The zero-order valence-corrected chi connectivity index (χ0v) is 17.6. The summed E-state index contributed by atoms with van der Waals surface area (Å²) in [6.45, 7) is 13.9. The molecule has 0 aliphatic carbocycles. The fourth-order valence-corrected chi connectivity index (χ4v) is 3.34. The summed E-state index contributed by atoms with van der Waals surface area (Å²) in [5.74, 6) is -4.19. The van der Waals surface area contributed by atoms with Gasteiger partial charge in [0.25, 0.3) is 0 Å². The molecule has 1 saturated heterocycles. The summed E-state index contributed by atoms with van der Waals surface area (Å²) in [4.78, 5) is 49.2. The van der Waals surface area contributed by atoms with Crippen molar-refractivity contribution in [2.75, 3.05) is 0 Å². The molecule has 6 unspecified atom stereocenters. The molecule has 0 aromatic rings. The van der Waals surface area contributed by atoms with E-state index in [0.717, 1.165) is 6.92 Å². The number of fused-ring (bicyclic) bond motifs is 1. The number of hydrogen-bond acceptors (Lipinski definition) is 9. The molecule has 164 valence electrons. The number of esters is 4. The monoisotopic (exact) mass is 422 g/mol. The summed E-state index contributed by atoms with van der Waals surface area (Å²) >= 11 is 0. The van der Waals surface area contributed by atoms with Crippen LogP contribution in [0.3, 0.4) is 0 Å². The number of hydrogen-bond donors (Lipinski definition) is 1. The van der Waals surface area contributed by atoms with Gasteiger partial charge in [0.2, 0.25) is 0 Å². The third-order valence-corrected chi connectivity index (χ3v) is 5.24. The zero-order chi connectivity index (χ0) is 23.0. The van der Waals surface area contributed by atoms with Gasteiger partial charge >= 0.3 is 23.9 Å². The van der Waals surface area contributed by atoms with Gasteiger partial charge in [-0.05, 0) is 33.8 Å². The molecule has 9 nitrogen and oxygen atoms in total. The van der Waals surface area contributed by atoms with Gasteiger partial charge in [-0.3, -0.25) is 4.79 Å². The number of cyclic esters (lactones) is 1. The second-order valence-corrected chi connectivity index (χ2v) is 7.70. The Bertz CT molecular complexity index is 837. The topological polar surface area (TPSA) is 125 Å². The van der Waals surface area contributed by atoms with Crippen molar-refractivity contribution in [1.82, 2.24) is 0 Å². The number of rotatable bonds is 4. The van der Waals surface area contributed by atoms with Crippen molar-refractivity contribution in [3.05, 3.63) is 36.0 Å². The summed E-state index contributed by atoms with van der Waals surface area (Å²) < 4.78 is 21.8. The first-order chi connectivity index (χ1) is 13.8. The largest absolute Gasteiger partial charge is 0.454 e. The van der Waals surface area contributed by atoms with E-state index in [0.29, 0.717) is 0 Å². The van der Waals surface area contributed by atoms with Crippen LogP contribution in [0.5, 0.6) is 0 Å². The normalized spacial score (nSPS) is 32.3. The Balaban J connectivity index is 2.76. The molecule has 2 rings (SSSR count). The van der Waals surface area contributed by atoms with Crippen molar-refractivity contribution in [2.24, 2.45) is 5.92 Å². The first-order valence-corrected chi connectivity index (χ1v) is 9.32. The lowest BCUT2D eigenvalue weighted by atomic mass is 9.80. The summed E-state index contributed by atoms with van der Waals surface area (Å²) in [6, 6.07) is 0. The van der Waals surface area contributed by atoms with E-state index in [1.54, 1.807) is 0 Å². The molecule has 2 aliphatic heterocycles. The molecular weight excluding hydrogens is 396 g/mol. The van der Waals surface area contributed by atoms with E-state index in [4.69, 9.17) is 18.9 Å². The first-order valence-electron chi connectivity index (χ1n) is 9.32. The van der Waals surface area contributed by atoms with Crippen molar-refractivity contribution in [1.29, 1.82) is 0 Å². The Kier molecular flexibility index (Phi) is 6.56. The molecule has 0 spiro atoms. The zero-order valence-electron chi connectivity index (χ0n) is 17.6. The highest BCUT2D eigenvalue weighted by molar-refractivity contribution is 5.93. The van der Waals surface area contributed by atoms with Crippen molar-refractivity contribution < 1.29 is 43.2 Å². The fourth-order valence-electron chi connectivity index (χ4n) is 3.34. The van der Waals surface area contributed by atoms with Crippen molar-refractivity contribution in [3.8, 4) is 0 Å². The van der Waals surface area contributed by atoms with Gasteiger partial charge in [0, 0.05) is 23.6 Å². The molecule has 2 heterocycles. The third kappa shape index (κ3) is 4.30. The molecule has 0 amide bonds. The van der Waals surface area contributed by atoms with E-state index < -0.39 is 59.8 Å². The molecule has 6 atom stereocenters. The second kappa shape index (κ2) is 8.43. The van der Waals surface area contributed by atoms with E-state index in [9.17, 15) is 24.3 Å². The van der Waals surface area contributed by atoms with Gasteiger partial charge in [0.05, 0.1) is 12.0 Å².